The molecule has 0 spiro atoms. The summed E-state index contributed by atoms with van der Waals surface area (Å²) in [5, 5.41) is 22.9. The number of benzene rings is 1. The summed E-state index contributed by atoms with van der Waals surface area (Å²) in [6, 6.07) is 7.68. The van der Waals surface area contributed by atoms with E-state index in [2.05, 4.69) is 27.0 Å². The van der Waals surface area contributed by atoms with Crippen LogP contribution in [0.2, 0.25) is 0 Å². The van der Waals surface area contributed by atoms with Crippen LogP contribution in [0.5, 0.6) is 0 Å². The van der Waals surface area contributed by atoms with Gasteiger partial charge in [0.2, 0.25) is 0 Å². The van der Waals surface area contributed by atoms with Gasteiger partial charge in [0, 0.05) is 13.1 Å². The van der Waals surface area contributed by atoms with E-state index in [1.54, 1.807) is 23.0 Å². The van der Waals surface area contributed by atoms with E-state index < -0.39 is 0 Å². The van der Waals surface area contributed by atoms with Crippen LogP contribution in [0.3, 0.4) is 0 Å². The van der Waals surface area contributed by atoms with Crippen LogP contribution in [0.25, 0.3) is 0 Å². The fraction of sp³-hybridized carbons (Fsp3) is 0.286. The molecule has 1 aromatic carbocycles. The Kier molecular flexibility index (Phi) is 3.38. The summed E-state index contributed by atoms with van der Waals surface area (Å²) in [6.45, 7) is 3.50. The molecule has 0 atom stereocenters. The van der Waals surface area contributed by atoms with Crippen LogP contribution in [-0.2, 0) is 0 Å². The van der Waals surface area contributed by atoms with Crippen LogP contribution in [0.15, 0.2) is 24.4 Å². The number of rotatable bonds is 3. The number of anilines is 1. The van der Waals surface area contributed by atoms with Crippen LogP contribution in [0.1, 0.15) is 27.7 Å². The Balaban J connectivity index is 1.79. The molecule has 1 aromatic heterocycles. The maximum absolute atomic E-state index is 12.2. The van der Waals surface area contributed by atoms with Crippen molar-refractivity contribution in [1.29, 1.82) is 5.26 Å². The predicted octanol–water partition coefficient (Wildman–Crippen LogP) is 0.855. The van der Waals surface area contributed by atoms with Gasteiger partial charge in [-0.25, -0.2) is 4.68 Å². The zero-order valence-electron chi connectivity index (χ0n) is 11.5. The van der Waals surface area contributed by atoms with Crippen molar-refractivity contribution in [2.75, 3.05) is 18.4 Å². The van der Waals surface area contributed by atoms with Crippen molar-refractivity contribution >= 4 is 11.6 Å². The number of nitrogens with zero attached hydrogens (tertiary/aromatic N) is 4. The molecule has 7 nitrogen and oxygen atoms in total. The highest BCUT2D eigenvalue weighted by Crippen LogP contribution is 2.19. The minimum absolute atomic E-state index is 0.243. The van der Waals surface area contributed by atoms with Crippen LogP contribution >= 0.6 is 0 Å². The molecule has 0 radical (unpaired) electrons. The third-order valence-electron chi connectivity index (χ3n) is 3.51. The van der Waals surface area contributed by atoms with Gasteiger partial charge >= 0.3 is 0 Å². The normalized spacial score (nSPS) is 14.3. The van der Waals surface area contributed by atoms with Gasteiger partial charge in [0.1, 0.15) is 6.07 Å². The SMILES string of the molecule is Cc1cccc(NC(=O)c2cn(C3CNC3)nn2)c1C#N. The quantitative estimate of drug-likeness (QED) is 0.870. The fourth-order valence-corrected chi connectivity index (χ4v) is 2.13. The molecule has 2 heterocycles. The summed E-state index contributed by atoms with van der Waals surface area (Å²) in [7, 11) is 0. The topological polar surface area (TPSA) is 95.6 Å². The van der Waals surface area contributed by atoms with Crippen molar-refractivity contribution in [2.24, 2.45) is 0 Å². The lowest BCUT2D eigenvalue weighted by Gasteiger charge is -2.26. The zero-order valence-corrected chi connectivity index (χ0v) is 11.5. The van der Waals surface area contributed by atoms with E-state index in [-0.39, 0.29) is 17.6 Å². The summed E-state index contributed by atoms with van der Waals surface area (Å²) in [4.78, 5) is 12.2. The van der Waals surface area contributed by atoms with Crippen LogP contribution in [-0.4, -0.2) is 34.0 Å². The van der Waals surface area contributed by atoms with Gasteiger partial charge in [0.05, 0.1) is 23.5 Å². The molecular formula is C14H14N6O. The number of hydrogen-bond acceptors (Lipinski definition) is 5. The molecule has 1 fully saturated rings. The number of nitriles is 1. The highest BCUT2D eigenvalue weighted by molar-refractivity contribution is 6.03. The molecule has 1 saturated heterocycles. The first-order valence-electron chi connectivity index (χ1n) is 6.62. The standard InChI is InChI=1S/C14H14N6O/c1-9-3-2-4-12(11(9)5-15)17-14(21)13-8-20(19-18-13)10-6-16-7-10/h2-4,8,10,16H,6-7H2,1H3,(H,17,21). The number of hydrogen-bond donors (Lipinski definition) is 2. The summed E-state index contributed by atoms with van der Waals surface area (Å²) in [5.74, 6) is -0.365. The molecule has 7 heteroatoms. The van der Waals surface area contributed by atoms with E-state index in [1.807, 2.05) is 13.0 Å². The van der Waals surface area contributed by atoms with E-state index in [4.69, 9.17) is 5.26 Å². The number of carbonyl (C=O) groups excluding carboxylic acids is 1. The molecule has 0 bridgehead atoms. The molecule has 1 aliphatic heterocycles. The fourth-order valence-electron chi connectivity index (χ4n) is 2.13. The summed E-state index contributed by atoms with van der Waals surface area (Å²) in [5.41, 5.74) is 2.01. The minimum atomic E-state index is -0.365. The van der Waals surface area contributed by atoms with E-state index in [0.29, 0.717) is 11.3 Å². The molecule has 0 saturated carbocycles. The Bertz CT molecular complexity index is 725. The van der Waals surface area contributed by atoms with Crippen LogP contribution < -0.4 is 10.6 Å². The third kappa shape index (κ3) is 2.49. The van der Waals surface area contributed by atoms with Gasteiger partial charge in [-0.05, 0) is 18.6 Å². The number of aryl methyl sites for hydroxylation is 1. The van der Waals surface area contributed by atoms with Gasteiger partial charge in [0.15, 0.2) is 5.69 Å². The Morgan fingerprint density at radius 3 is 3.00 bits per heavy atom. The van der Waals surface area contributed by atoms with Gasteiger partial charge in [-0.15, -0.1) is 5.10 Å². The summed E-state index contributed by atoms with van der Waals surface area (Å²) < 4.78 is 1.69. The molecule has 3 rings (SSSR count). The second-order valence-electron chi connectivity index (χ2n) is 4.96. The number of aromatic nitrogens is 3. The number of carbonyl (C=O) groups is 1. The largest absolute Gasteiger partial charge is 0.319 e. The maximum atomic E-state index is 12.2. The molecule has 1 amide bonds. The van der Waals surface area contributed by atoms with Gasteiger partial charge in [-0.1, -0.05) is 17.3 Å². The van der Waals surface area contributed by atoms with E-state index in [1.165, 1.54) is 0 Å². The third-order valence-corrected chi connectivity index (χ3v) is 3.51. The Morgan fingerprint density at radius 2 is 2.33 bits per heavy atom. The average Bonchev–Trinajstić information content (AvgIpc) is 2.86. The van der Waals surface area contributed by atoms with Gasteiger partial charge in [-0.3, -0.25) is 4.79 Å². The molecule has 106 valence electrons. The van der Waals surface area contributed by atoms with Crippen molar-refractivity contribution < 1.29 is 4.79 Å². The Morgan fingerprint density at radius 1 is 1.52 bits per heavy atom. The lowest BCUT2D eigenvalue weighted by molar-refractivity contribution is 0.102. The van der Waals surface area contributed by atoms with Crippen molar-refractivity contribution in [3.05, 3.63) is 41.2 Å². The summed E-state index contributed by atoms with van der Waals surface area (Å²) in [6.07, 6.45) is 1.63. The van der Waals surface area contributed by atoms with Gasteiger partial charge < -0.3 is 10.6 Å². The van der Waals surface area contributed by atoms with Crippen molar-refractivity contribution in [3.63, 3.8) is 0 Å². The molecule has 1 aliphatic rings. The molecule has 2 aromatic rings. The van der Waals surface area contributed by atoms with Crippen LogP contribution in [0.4, 0.5) is 5.69 Å². The average molecular weight is 282 g/mol. The Labute approximate surface area is 121 Å². The molecular weight excluding hydrogens is 268 g/mol. The highest BCUT2D eigenvalue weighted by Gasteiger charge is 2.22. The zero-order chi connectivity index (χ0) is 14.8. The number of amides is 1. The molecule has 2 N–H and O–H groups in total. The predicted molar refractivity (Wildman–Crippen MR) is 75.8 cm³/mol. The van der Waals surface area contributed by atoms with Crippen molar-refractivity contribution in [2.45, 2.75) is 13.0 Å². The second-order valence-corrected chi connectivity index (χ2v) is 4.96. The molecule has 0 unspecified atom stereocenters. The highest BCUT2D eigenvalue weighted by atomic mass is 16.2. The van der Waals surface area contributed by atoms with Crippen molar-refractivity contribution in [1.82, 2.24) is 20.3 Å². The molecule has 0 aliphatic carbocycles. The first kappa shape index (κ1) is 13.3. The van der Waals surface area contributed by atoms with E-state index >= 15 is 0 Å². The number of nitrogens with one attached hydrogen (secondary N) is 2. The van der Waals surface area contributed by atoms with E-state index in [9.17, 15) is 4.79 Å². The molecule has 21 heavy (non-hydrogen) atoms. The maximum Gasteiger partial charge on any atom is 0.277 e. The van der Waals surface area contributed by atoms with Gasteiger partial charge in [-0.2, -0.15) is 5.26 Å². The first-order valence-corrected chi connectivity index (χ1v) is 6.62. The monoisotopic (exact) mass is 282 g/mol. The van der Waals surface area contributed by atoms with Crippen molar-refractivity contribution in [3.8, 4) is 6.07 Å². The lowest BCUT2D eigenvalue weighted by Crippen LogP contribution is -2.43. The second kappa shape index (κ2) is 5.34. The van der Waals surface area contributed by atoms with E-state index in [0.717, 1.165) is 18.7 Å². The minimum Gasteiger partial charge on any atom is -0.319 e. The Hall–Kier alpha value is -2.72. The van der Waals surface area contributed by atoms with Gasteiger partial charge in [0.25, 0.3) is 5.91 Å². The lowest BCUT2D eigenvalue weighted by atomic mass is 10.1. The summed E-state index contributed by atoms with van der Waals surface area (Å²) >= 11 is 0. The first-order chi connectivity index (χ1) is 10.2. The smallest absolute Gasteiger partial charge is 0.277 e. The van der Waals surface area contributed by atoms with Crippen LogP contribution in [0, 0.1) is 18.3 Å².